The summed E-state index contributed by atoms with van der Waals surface area (Å²) < 4.78 is 9.39. The predicted molar refractivity (Wildman–Crippen MR) is 63.6 cm³/mol. The first-order valence-electron chi connectivity index (χ1n) is 5.97. The molecule has 0 spiro atoms. The summed E-state index contributed by atoms with van der Waals surface area (Å²) in [6.07, 6.45) is -2.28. The second-order valence-electron chi connectivity index (χ2n) is 3.81. The Morgan fingerprint density at radius 3 is 2.53 bits per heavy atom. The van der Waals surface area contributed by atoms with Gasteiger partial charge in [-0.3, -0.25) is 4.84 Å². The van der Waals surface area contributed by atoms with Gasteiger partial charge in [-0.05, 0) is 20.8 Å². The molecule has 0 aliphatic carbocycles. The van der Waals surface area contributed by atoms with E-state index in [9.17, 15) is 10.0 Å². The summed E-state index contributed by atoms with van der Waals surface area (Å²) in [6, 6.07) is 0. The number of rotatable bonds is 8. The standard InChI is InChI=1S/C10H21N3O6/c1-5-12(6-7-14)13(16)11-19-9(4)18-10(15)17-8(2)3/h8-9,14H,5-7H2,1-4H3/b13-11-. The van der Waals surface area contributed by atoms with Crippen LogP contribution in [-0.2, 0) is 14.3 Å². The molecule has 1 atom stereocenters. The van der Waals surface area contributed by atoms with E-state index in [1.165, 1.54) is 11.9 Å². The molecule has 0 aromatic rings. The minimum atomic E-state index is -1.06. The van der Waals surface area contributed by atoms with Crippen molar-refractivity contribution in [3.8, 4) is 0 Å². The van der Waals surface area contributed by atoms with Gasteiger partial charge in [0.05, 0.1) is 30.8 Å². The van der Waals surface area contributed by atoms with Crippen LogP contribution in [0.1, 0.15) is 27.7 Å². The van der Waals surface area contributed by atoms with Crippen LogP contribution in [0.3, 0.4) is 0 Å². The average molecular weight is 279 g/mol. The lowest BCUT2D eigenvalue weighted by molar-refractivity contribution is -0.712. The van der Waals surface area contributed by atoms with Gasteiger partial charge < -0.3 is 19.8 Å². The van der Waals surface area contributed by atoms with Gasteiger partial charge in [-0.2, -0.15) is 0 Å². The van der Waals surface area contributed by atoms with E-state index in [-0.39, 0.29) is 24.2 Å². The zero-order valence-corrected chi connectivity index (χ0v) is 11.6. The maximum absolute atomic E-state index is 11.4. The topological polar surface area (TPSA) is 107 Å². The fourth-order valence-electron chi connectivity index (χ4n) is 1.02. The number of hydrogen-bond acceptors (Lipinski definition) is 7. The summed E-state index contributed by atoms with van der Waals surface area (Å²) >= 11 is 0. The molecule has 9 nitrogen and oxygen atoms in total. The summed E-state index contributed by atoms with van der Waals surface area (Å²) in [6.45, 7) is 6.74. The molecule has 0 heterocycles. The van der Waals surface area contributed by atoms with Crippen molar-refractivity contribution in [2.45, 2.75) is 40.1 Å². The van der Waals surface area contributed by atoms with Crippen LogP contribution in [0.15, 0.2) is 5.28 Å². The Hall–Kier alpha value is -1.77. The van der Waals surface area contributed by atoms with Gasteiger partial charge in [0.2, 0.25) is 5.28 Å². The third-order valence-electron chi connectivity index (χ3n) is 1.82. The maximum Gasteiger partial charge on any atom is 0.511 e. The number of carbonyl (C=O) groups is 1. The van der Waals surface area contributed by atoms with Crippen molar-refractivity contribution in [2.24, 2.45) is 5.28 Å². The summed E-state index contributed by atoms with van der Waals surface area (Å²) in [7, 11) is 0. The summed E-state index contributed by atoms with van der Waals surface area (Å²) in [5.41, 5.74) is 0. The Morgan fingerprint density at radius 1 is 1.42 bits per heavy atom. The Labute approximate surface area is 111 Å². The molecule has 1 N–H and O–H groups in total. The minimum absolute atomic E-state index is 0.123. The van der Waals surface area contributed by atoms with Crippen molar-refractivity contribution in [3.63, 3.8) is 0 Å². The van der Waals surface area contributed by atoms with E-state index in [1.54, 1.807) is 20.8 Å². The predicted octanol–water partition coefficient (Wildman–Crippen LogP) is 1.02. The van der Waals surface area contributed by atoms with Crippen LogP contribution in [0.25, 0.3) is 0 Å². The van der Waals surface area contributed by atoms with Crippen molar-refractivity contribution in [3.05, 3.63) is 5.21 Å². The van der Waals surface area contributed by atoms with E-state index in [1.807, 2.05) is 0 Å². The zero-order valence-electron chi connectivity index (χ0n) is 11.6. The number of aliphatic hydroxyl groups is 1. The molecule has 0 bridgehead atoms. The number of likely N-dealkylation sites (N-methyl/N-ethyl adjacent to an activating group) is 1. The third-order valence-corrected chi connectivity index (χ3v) is 1.82. The van der Waals surface area contributed by atoms with Gasteiger partial charge in [0.15, 0.2) is 0 Å². The first kappa shape index (κ1) is 17.2. The Bertz CT molecular complexity index is 297. The molecule has 0 amide bonds. The van der Waals surface area contributed by atoms with Gasteiger partial charge in [-0.25, -0.2) is 4.79 Å². The Kier molecular flexibility index (Phi) is 8.34. The van der Waals surface area contributed by atoms with Gasteiger partial charge in [-0.1, -0.05) is 0 Å². The van der Waals surface area contributed by atoms with Crippen LogP contribution in [0, 0.1) is 5.21 Å². The van der Waals surface area contributed by atoms with Gasteiger partial charge in [0.1, 0.15) is 0 Å². The molecule has 112 valence electrons. The largest absolute Gasteiger partial charge is 0.569 e. The number of aliphatic hydroxyl groups excluding tert-OH is 1. The number of hydrogen-bond donors (Lipinski definition) is 1. The second kappa shape index (κ2) is 9.20. The van der Waals surface area contributed by atoms with E-state index in [0.29, 0.717) is 6.54 Å². The highest BCUT2D eigenvalue weighted by molar-refractivity contribution is 5.60. The number of hydrazine groups is 1. The zero-order chi connectivity index (χ0) is 14.8. The summed E-state index contributed by atoms with van der Waals surface area (Å²) in [4.78, 5) is 16.0. The Balaban J connectivity index is 4.18. The monoisotopic (exact) mass is 279 g/mol. The molecule has 0 saturated carbocycles. The van der Waals surface area contributed by atoms with Crippen molar-refractivity contribution in [1.29, 1.82) is 0 Å². The van der Waals surface area contributed by atoms with Crippen molar-refractivity contribution < 1.29 is 29.2 Å². The molecule has 0 aromatic heterocycles. The van der Waals surface area contributed by atoms with Gasteiger partial charge in [0.25, 0.3) is 6.29 Å². The fraction of sp³-hybridized carbons (Fsp3) is 0.900. The normalized spacial score (nSPS) is 13.1. The first-order valence-corrected chi connectivity index (χ1v) is 5.97. The van der Waals surface area contributed by atoms with Crippen LogP contribution in [-0.4, -0.2) is 53.3 Å². The first-order chi connectivity index (χ1) is 8.90. The van der Waals surface area contributed by atoms with E-state index < -0.39 is 12.4 Å². The number of ether oxygens (including phenoxy) is 2. The van der Waals surface area contributed by atoms with Gasteiger partial charge in [0, 0.05) is 6.92 Å². The lowest BCUT2D eigenvalue weighted by atomic mass is 10.5. The fourth-order valence-corrected chi connectivity index (χ4v) is 1.02. The quantitative estimate of drug-likeness (QED) is 0.232. The minimum Gasteiger partial charge on any atom is -0.569 e. The van der Waals surface area contributed by atoms with Crippen molar-refractivity contribution >= 4 is 6.16 Å². The highest BCUT2D eigenvalue weighted by atomic mass is 16.8. The molecular formula is C10H21N3O6. The van der Waals surface area contributed by atoms with E-state index in [2.05, 4.69) is 14.9 Å². The van der Waals surface area contributed by atoms with Crippen molar-refractivity contribution in [2.75, 3.05) is 19.7 Å². The molecule has 1 unspecified atom stereocenters. The number of nitrogens with zero attached hydrogens (tertiary/aromatic N) is 3. The summed E-state index contributed by atoms with van der Waals surface area (Å²) in [5, 5.41) is 24.5. The lowest BCUT2D eigenvalue weighted by Crippen LogP contribution is -2.33. The maximum atomic E-state index is 11.4. The molecule has 0 aromatic carbocycles. The third kappa shape index (κ3) is 8.03. The molecule has 0 aliphatic rings. The van der Waals surface area contributed by atoms with Crippen molar-refractivity contribution in [1.82, 2.24) is 5.01 Å². The van der Waals surface area contributed by atoms with E-state index in [0.717, 1.165) is 0 Å². The molecule has 0 fully saturated rings. The molecule has 19 heavy (non-hydrogen) atoms. The smallest absolute Gasteiger partial charge is 0.511 e. The van der Waals surface area contributed by atoms with E-state index >= 15 is 0 Å². The van der Waals surface area contributed by atoms with Gasteiger partial charge >= 0.3 is 6.16 Å². The highest BCUT2D eigenvalue weighted by Crippen LogP contribution is 2.01. The molecule has 0 radical (unpaired) electrons. The number of carbonyl (C=O) groups excluding carboxylic acids is 1. The molecular weight excluding hydrogens is 258 g/mol. The summed E-state index contributed by atoms with van der Waals surface area (Å²) in [5.74, 6) is 0. The molecule has 0 aliphatic heterocycles. The molecule has 9 heteroatoms. The van der Waals surface area contributed by atoms with E-state index in [4.69, 9.17) is 9.84 Å². The van der Waals surface area contributed by atoms with Crippen LogP contribution < -0.4 is 0 Å². The van der Waals surface area contributed by atoms with Crippen LogP contribution in [0.5, 0.6) is 0 Å². The van der Waals surface area contributed by atoms with Crippen LogP contribution >= 0.6 is 0 Å². The second-order valence-corrected chi connectivity index (χ2v) is 3.81. The molecule has 0 rings (SSSR count). The SMILES string of the molecule is CCN(CCO)/[N+]([O-])=N/OC(C)OC(=O)OC(C)C. The highest BCUT2D eigenvalue weighted by Gasteiger charge is 2.15. The van der Waals surface area contributed by atoms with Crippen LogP contribution in [0.2, 0.25) is 0 Å². The molecule has 0 saturated heterocycles. The Morgan fingerprint density at radius 2 is 2.05 bits per heavy atom. The average Bonchev–Trinajstić information content (AvgIpc) is 2.31. The van der Waals surface area contributed by atoms with Gasteiger partial charge in [-0.15, -0.1) is 5.01 Å². The lowest BCUT2D eigenvalue weighted by Gasteiger charge is -2.15. The van der Waals surface area contributed by atoms with Crippen LogP contribution in [0.4, 0.5) is 4.79 Å².